The Hall–Kier alpha value is -1.10. The summed E-state index contributed by atoms with van der Waals surface area (Å²) in [5.74, 6) is 0.885. The average Bonchev–Trinajstić information content (AvgIpc) is 2.55. The first-order valence-electron chi connectivity index (χ1n) is 7.86. The van der Waals surface area contributed by atoms with E-state index < -0.39 is 0 Å². The van der Waals surface area contributed by atoms with Crippen molar-refractivity contribution in [2.75, 3.05) is 27.3 Å². The third-order valence-corrected chi connectivity index (χ3v) is 4.47. The highest BCUT2D eigenvalue weighted by Gasteiger charge is 2.30. The summed E-state index contributed by atoms with van der Waals surface area (Å²) < 4.78 is 10.8. The summed E-state index contributed by atoms with van der Waals surface area (Å²) in [5, 5.41) is 0. The van der Waals surface area contributed by atoms with Crippen LogP contribution in [0.25, 0.3) is 0 Å². The lowest BCUT2D eigenvalue weighted by Crippen LogP contribution is -2.47. The Labute approximate surface area is 128 Å². The van der Waals surface area contributed by atoms with Gasteiger partial charge < -0.3 is 15.2 Å². The number of likely N-dealkylation sites (tertiary alicyclic amines) is 1. The van der Waals surface area contributed by atoms with Gasteiger partial charge in [-0.25, -0.2) is 0 Å². The molecule has 3 unspecified atom stereocenters. The Morgan fingerprint density at radius 2 is 2.00 bits per heavy atom. The molecule has 4 heteroatoms. The fourth-order valence-corrected chi connectivity index (χ4v) is 3.16. The zero-order valence-corrected chi connectivity index (χ0v) is 13.4. The smallest absolute Gasteiger partial charge is 0.118 e. The van der Waals surface area contributed by atoms with Crippen molar-refractivity contribution in [1.29, 1.82) is 0 Å². The minimum Gasteiger partial charge on any atom is -0.497 e. The van der Waals surface area contributed by atoms with Crippen molar-refractivity contribution in [3.8, 4) is 5.75 Å². The molecule has 0 bridgehead atoms. The van der Waals surface area contributed by atoms with Crippen LogP contribution in [0.1, 0.15) is 37.8 Å². The Bertz CT molecular complexity index is 421. The summed E-state index contributed by atoms with van der Waals surface area (Å²) in [6.07, 6.45) is 3.60. The fraction of sp³-hybridized carbons (Fsp3) is 0.647. The Morgan fingerprint density at radius 1 is 1.29 bits per heavy atom. The summed E-state index contributed by atoms with van der Waals surface area (Å²) in [5.41, 5.74) is 7.69. The van der Waals surface area contributed by atoms with Gasteiger partial charge in [0.2, 0.25) is 0 Å². The molecule has 0 amide bonds. The molecule has 1 saturated heterocycles. The van der Waals surface area contributed by atoms with Crippen LogP contribution in [0.15, 0.2) is 24.3 Å². The van der Waals surface area contributed by atoms with Gasteiger partial charge in [0.05, 0.1) is 13.2 Å². The molecule has 2 rings (SSSR count). The fourth-order valence-electron chi connectivity index (χ4n) is 3.16. The van der Waals surface area contributed by atoms with Crippen LogP contribution in [0.5, 0.6) is 5.75 Å². The Kier molecular flexibility index (Phi) is 6.03. The molecule has 3 atom stereocenters. The van der Waals surface area contributed by atoms with E-state index in [-0.39, 0.29) is 12.1 Å². The molecule has 0 aromatic heterocycles. The summed E-state index contributed by atoms with van der Waals surface area (Å²) in [6.45, 7) is 4.20. The lowest BCUT2D eigenvalue weighted by atomic mass is 9.93. The number of methoxy groups -OCH3 is 2. The zero-order chi connectivity index (χ0) is 15.2. The molecular weight excluding hydrogens is 264 g/mol. The average molecular weight is 292 g/mol. The number of hydrogen-bond acceptors (Lipinski definition) is 4. The first kappa shape index (κ1) is 16.3. The van der Waals surface area contributed by atoms with Crippen LogP contribution in [-0.2, 0) is 4.74 Å². The number of hydrogen-bond donors (Lipinski definition) is 1. The van der Waals surface area contributed by atoms with E-state index in [0.29, 0.717) is 6.10 Å². The summed E-state index contributed by atoms with van der Waals surface area (Å²) in [6, 6.07) is 8.68. The summed E-state index contributed by atoms with van der Waals surface area (Å²) in [7, 11) is 3.49. The third kappa shape index (κ3) is 3.96. The van der Waals surface area contributed by atoms with Crippen molar-refractivity contribution in [3.63, 3.8) is 0 Å². The zero-order valence-electron chi connectivity index (χ0n) is 13.4. The van der Waals surface area contributed by atoms with Crippen LogP contribution in [0.4, 0.5) is 0 Å². The van der Waals surface area contributed by atoms with E-state index in [4.69, 9.17) is 15.2 Å². The van der Waals surface area contributed by atoms with Gasteiger partial charge in [-0.1, -0.05) is 19.1 Å². The van der Waals surface area contributed by atoms with E-state index in [9.17, 15) is 0 Å². The molecule has 1 heterocycles. The van der Waals surface area contributed by atoms with Gasteiger partial charge in [0.1, 0.15) is 5.75 Å². The molecule has 1 aliphatic rings. The van der Waals surface area contributed by atoms with Crippen molar-refractivity contribution in [1.82, 2.24) is 4.90 Å². The van der Waals surface area contributed by atoms with Gasteiger partial charge in [-0.05, 0) is 43.5 Å². The molecule has 0 aliphatic carbocycles. The first-order chi connectivity index (χ1) is 10.2. The van der Waals surface area contributed by atoms with Gasteiger partial charge >= 0.3 is 0 Å². The second kappa shape index (κ2) is 7.78. The van der Waals surface area contributed by atoms with Crippen LogP contribution >= 0.6 is 0 Å². The minimum atomic E-state index is 0.133. The maximum absolute atomic E-state index is 6.42. The number of benzene rings is 1. The second-order valence-corrected chi connectivity index (χ2v) is 5.78. The highest BCUT2D eigenvalue weighted by molar-refractivity contribution is 5.30. The SMILES string of the molecule is CCC(N)C(c1ccc(OC)cc1)N1CCCC(OC)C1. The molecular formula is C17H28N2O2. The van der Waals surface area contributed by atoms with Gasteiger partial charge in [-0.2, -0.15) is 0 Å². The number of nitrogens with two attached hydrogens (primary N) is 1. The molecule has 4 nitrogen and oxygen atoms in total. The largest absolute Gasteiger partial charge is 0.497 e. The van der Waals surface area contributed by atoms with Crippen LogP contribution in [-0.4, -0.2) is 44.4 Å². The molecule has 0 saturated carbocycles. The van der Waals surface area contributed by atoms with Crippen molar-refractivity contribution in [2.24, 2.45) is 5.73 Å². The predicted octanol–water partition coefficient (Wildman–Crippen LogP) is 2.58. The summed E-state index contributed by atoms with van der Waals surface area (Å²) >= 11 is 0. The van der Waals surface area contributed by atoms with Gasteiger partial charge in [0.15, 0.2) is 0 Å². The van der Waals surface area contributed by atoms with E-state index in [2.05, 4.69) is 24.0 Å². The molecule has 1 aromatic carbocycles. The lowest BCUT2D eigenvalue weighted by Gasteiger charge is -2.40. The maximum Gasteiger partial charge on any atom is 0.118 e. The quantitative estimate of drug-likeness (QED) is 0.875. The van der Waals surface area contributed by atoms with E-state index in [1.807, 2.05) is 12.1 Å². The molecule has 0 radical (unpaired) electrons. The van der Waals surface area contributed by atoms with E-state index in [1.165, 1.54) is 12.0 Å². The molecule has 118 valence electrons. The van der Waals surface area contributed by atoms with Crippen molar-refractivity contribution >= 4 is 0 Å². The standard InChI is InChI=1S/C17H28N2O2/c1-4-16(18)17(13-7-9-14(20-2)10-8-13)19-11-5-6-15(12-19)21-3/h7-10,15-17H,4-6,11-12,18H2,1-3H3. The minimum absolute atomic E-state index is 0.133. The third-order valence-electron chi connectivity index (χ3n) is 4.47. The lowest BCUT2D eigenvalue weighted by molar-refractivity contribution is 0.00899. The first-order valence-corrected chi connectivity index (χ1v) is 7.86. The Balaban J connectivity index is 2.20. The van der Waals surface area contributed by atoms with Crippen molar-refractivity contribution < 1.29 is 9.47 Å². The number of nitrogens with zero attached hydrogens (tertiary/aromatic N) is 1. The Morgan fingerprint density at radius 3 is 2.57 bits per heavy atom. The monoisotopic (exact) mass is 292 g/mol. The topological polar surface area (TPSA) is 47.7 Å². The van der Waals surface area contributed by atoms with Gasteiger partial charge in [-0.15, -0.1) is 0 Å². The second-order valence-electron chi connectivity index (χ2n) is 5.78. The van der Waals surface area contributed by atoms with Crippen LogP contribution in [0.2, 0.25) is 0 Å². The summed E-state index contributed by atoms with van der Waals surface area (Å²) in [4.78, 5) is 2.48. The normalized spacial score (nSPS) is 22.8. The van der Waals surface area contributed by atoms with E-state index in [1.54, 1.807) is 14.2 Å². The van der Waals surface area contributed by atoms with Crippen LogP contribution in [0.3, 0.4) is 0 Å². The van der Waals surface area contributed by atoms with Crippen LogP contribution < -0.4 is 10.5 Å². The maximum atomic E-state index is 6.42. The molecule has 2 N–H and O–H groups in total. The number of piperidine rings is 1. The van der Waals surface area contributed by atoms with Crippen LogP contribution in [0, 0.1) is 0 Å². The number of ether oxygens (including phenoxy) is 2. The van der Waals surface area contributed by atoms with Gasteiger partial charge in [0, 0.05) is 25.7 Å². The molecule has 21 heavy (non-hydrogen) atoms. The molecule has 1 fully saturated rings. The molecule has 1 aliphatic heterocycles. The molecule has 1 aromatic rings. The molecule has 0 spiro atoms. The number of rotatable bonds is 6. The predicted molar refractivity (Wildman–Crippen MR) is 85.6 cm³/mol. The van der Waals surface area contributed by atoms with Crippen molar-refractivity contribution in [2.45, 2.75) is 44.4 Å². The van der Waals surface area contributed by atoms with Crippen molar-refractivity contribution in [3.05, 3.63) is 29.8 Å². The highest BCUT2D eigenvalue weighted by Crippen LogP contribution is 2.30. The van der Waals surface area contributed by atoms with E-state index in [0.717, 1.165) is 31.7 Å². The highest BCUT2D eigenvalue weighted by atomic mass is 16.5. The van der Waals surface area contributed by atoms with Gasteiger partial charge in [-0.3, -0.25) is 4.90 Å². The van der Waals surface area contributed by atoms with E-state index >= 15 is 0 Å². The van der Waals surface area contributed by atoms with Gasteiger partial charge in [0.25, 0.3) is 0 Å².